The van der Waals surface area contributed by atoms with Crippen LogP contribution in [0.3, 0.4) is 0 Å². The topological polar surface area (TPSA) is 71.2 Å². The first kappa shape index (κ1) is 18.6. The first-order valence-corrected chi connectivity index (χ1v) is 7.37. The quantitative estimate of drug-likeness (QED) is 0.827. The van der Waals surface area contributed by atoms with Gasteiger partial charge in [-0.15, -0.1) is 0 Å². The molecule has 134 valence electrons. The number of aryl methyl sites for hydroxylation is 1. The Kier molecular flexibility index (Phi) is 5.20. The van der Waals surface area contributed by atoms with Crippen LogP contribution >= 0.6 is 0 Å². The smallest absolute Gasteiger partial charge is 0.416 e. The second kappa shape index (κ2) is 7.00. The van der Waals surface area contributed by atoms with E-state index in [1.165, 1.54) is 19.2 Å². The van der Waals surface area contributed by atoms with Gasteiger partial charge in [0.25, 0.3) is 5.91 Å². The molecule has 1 aromatic carbocycles. The maximum absolute atomic E-state index is 12.7. The zero-order chi connectivity index (χ0) is 18.8. The predicted molar refractivity (Wildman–Crippen MR) is 84.2 cm³/mol. The summed E-state index contributed by atoms with van der Waals surface area (Å²) in [4.78, 5) is 26.8. The molecule has 0 spiro atoms. The molecule has 0 fully saturated rings. The van der Waals surface area contributed by atoms with Gasteiger partial charge in [-0.25, -0.2) is 4.79 Å². The van der Waals surface area contributed by atoms with E-state index in [-0.39, 0.29) is 17.8 Å². The molecule has 8 heteroatoms. The summed E-state index contributed by atoms with van der Waals surface area (Å²) < 4.78 is 42.8. The molecule has 1 aromatic heterocycles. The van der Waals surface area contributed by atoms with Gasteiger partial charge in [-0.05, 0) is 37.1 Å². The van der Waals surface area contributed by atoms with Crippen molar-refractivity contribution in [2.24, 2.45) is 0 Å². The number of benzene rings is 1. The molecule has 1 amide bonds. The summed E-state index contributed by atoms with van der Waals surface area (Å²) in [6.45, 7) is 3.14. The molecular formula is C17H17F3N2O3. The van der Waals surface area contributed by atoms with Gasteiger partial charge in [0.2, 0.25) is 0 Å². The number of alkyl halides is 3. The van der Waals surface area contributed by atoms with E-state index in [2.05, 4.69) is 15.0 Å². The molecule has 0 unspecified atom stereocenters. The lowest BCUT2D eigenvalue weighted by Crippen LogP contribution is -2.24. The molecule has 5 nitrogen and oxygen atoms in total. The van der Waals surface area contributed by atoms with Gasteiger partial charge < -0.3 is 15.0 Å². The third-order valence-corrected chi connectivity index (χ3v) is 3.76. The minimum atomic E-state index is -4.44. The third-order valence-electron chi connectivity index (χ3n) is 3.76. The van der Waals surface area contributed by atoms with E-state index in [1.807, 2.05) is 0 Å². The Bertz CT molecular complexity index is 810. The Labute approximate surface area is 142 Å². The van der Waals surface area contributed by atoms with Crippen LogP contribution in [0.5, 0.6) is 0 Å². The average molecular weight is 354 g/mol. The molecule has 0 saturated carbocycles. The monoisotopic (exact) mass is 354 g/mol. The van der Waals surface area contributed by atoms with Crippen molar-refractivity contribution in [2.45, 2.75) is 26.6 Å². The van der Waals surface area contributed by atoms with Crippen LogP contribution in [0.25, 0.3) is 0 Å². The fourth-order valence-corrected chi connectivity index (χ4v) is 2.51. The molecule has 2 aromatic rings. The van der Waals surface area contributed by atoms with E-state index < -0.39 is 23.6 Å². The van der Waals surface area contributed by atoms with Crippen LogP contribution in [0.1, 0.15) is 43.2 Å². The van der Waals surface area contributed by atoms with Crippen LogP contribution in [0.15, 0.2) is 24.3 Å². The summed E-state index contributed by atoms with van der Waals surface area (Å²) in [7, 11) is 1.24. The summed E-state index contributed by atoms with van der Waals surface area (Å²) in [5.41, 5.74) is 0.882. The van der Waals surface area contributed by atoms with Crippen LogP contribution in [-0.2, 0) is 17.5 Å². The van der Waals surface area contributed by atoms with E-state index in [9.17, 15) is 22.8 Å². The zero-order valence-corrected chi connectivity index (χ0v) is 13.9. The Morgan fingerprint density at radius 2 is 1.92 bits per heavy atom. The minimum Gasteiger partial charge on any atom is -0.465 e. The van der Waals surface area contributed by atoms with Crippen LogP contribution in [0, 0.1) is 13.8 Å². The van der Waals surface area contributed by atoms with Crippen molar-refractivity contribution < 1.29 is 27.5 Å². The van der Waals surface area contributed by atoms with Crippen molar-refractivity contribution in [2.75, 3.05) is 7.11 Å². The molecule has 0 bridgehead atoms. The minimum absolute atomic E-state index is 0.0756. The summed E-state index contributed by atoms with van der Waals surface area (Å²) >= 11 is 0. The summed E-state index contributed by atoms with van der Waals surface area (Å²) in [5.74, 6) is -1.09. The number of aromatic amines is 1. The number of carbonyl (C=O) groups is 2. The molecule has 25 heavy (non-hydrogen) atoms. The Morgan fingerprint density at radius 1 is 1.24 bits per heavy atom. The Morgan fingerprint density at radius 3 is 2.52 bits per heavy atom. The maximum atomic E-state index is 12.7. The SMILES string of the molecule is COC(=O)c1c(C)[nH]c(C(=O)NCc2cccc(C(F)(F)F)c2)c1C. The number of esters is 1. The molecule has 0 saturated heterocycles. The van der Waals surface area contributed by atoms with Crippen molar-refractivity contribution in [3.05, 3.63) is 57.9 Å². The first-order valence-electron chi connectivity index (χ1n) is 7.37. The van der Waals surface area contributed by atoms with Gasteiger partial charge in [0, 0.05) is 12.2 Å². The molecule has 0 aliphatic carbocycles. The number of carbonyl (C=O) groups excluding carboxylic acids is 2. The fourth-order valence-electron chi connectivity index (χ4n) is 2.51. The number of hydrogen-bond donors (Lipinski definition) is 2. The number of halogens is 3. The fraction of sp³-hybridized carbons (Fsp3) is 0.294. The molecule has 2 rings (SSSR count). The number of H-pyrrole nitrogens is 1. The van der Waals surface area contributed by atoms with Gasteiger partial charge in [-0.3, -0.25) is 4.79 Å². The second-order valence-electron chi connectivity index (χ2n) is 5.50. The summed E-state index contributed by atoms with van der Waals surface area (Å²) in [5, 5.41) is 2.54. The van der Waals surface area contributed by atoms with Crippen LogP contribution in [0.2, 0.25) is 0 Å². The largest absolute Gasteiger partial charge is 0.465 e. The molecule has 2 N–H and O–H groups in total. The van der Waals surface area contributed by atoms with Gasteiger partial charge in [0.1, 0.15) is 5.69 Å². The lowest BCUT2D eigenvalue weighted by atomic mass is 10.1. The van der Waals surface area contributed by atoms with Crippen molar-refractivity contribution in [1.29, 1.82) is 0 Å². The maximum Gasteiger partial charge on any atom is 0.416 e. The van der Waals surface area contributed by atoms with Crippen molar-refractivity contribution in [1.82, 2.24) is 10.3 Å². The van der Waals surface area contributed by atoms with E-state index in [4.69, 9.17) is 0 Å². The number of aromatic nitrogens is 1. The van der Waals surface area contributed by atoms with Crippen molar-refractivity contribution in [3.63, 3.8) is 0 Å². The molecule has 0 aliphatic heterocycles. The van der Waals surface area contributed by atoms with Crippen molar-refractivity contribution >= 4 is 11.9 Å². The van der Waals surface area contributed by atoms with E-state index in [0.717, 1.165) is 12.1 Å². The average Bonchev–Trinajstić information content (AvgIpc) is 2.86. The Balaban J connectivity index is 2.15. The molecule has 1 heterocycles. The summed E-state index contributed by atoms with van der Waals surface area (Å²) in [6.07, 6.45) is -4.44. The lowest BCUT2D eigenvalue weighted by Gasteiger charge is -2.09. The van der Waals surface area contributed by atoms with Gasteiger partial charge in [0.05, 0.1) is 18.2 Å². The molecule has 0 aliphatic rings. The third kappa shape index (κ3) is 4.01. The van der Waals surface area contributed by atoms with Crippen LogP contribution in [0.4, 0.5) is 13.2 Å². The Hall–Kier alpha value is -2.77. The van der Waals surface area contributed by atoms with Crippen molar-refractivity contribution in [3.8, 4) is 0 Å². The highest BCUT2D eigenvalue weighted by Gasteiger charge is 2.30. The van der Waals surface area contributed by atoms with Gasteiger partial charge in [-0.2, -0.15) is 13.2 Å². The number of amides is 1. The van der Waals surface area contributed by atoms with Gasteiger partial charge in [-0.1, -0.05) is 12.1 Å². The highest BCUT2D eigenvalue weighted by Crippen LogP contribution is 2.29. The number of nitrogens with one attached hydrogen (secondary N) is 2. The van der Waals surface area contributed by atoms with E-state index >= 15 is 0 Å². The predicted octanol–water partition coefficient (Wildman–Crippen LogP) is 3.37. The number of methoxy groups -OCH3 is 1. The van der Waals surface area contributed by atoms with Crippen LogP contribution in [-0.4, -0.2) is 24.0 Å². The summed E-state index contributed by atoms with van der Waals surface area (Å²) in [6, 6.07) is 4.71. The van der Waals surface area contributed by atoms with E-state index in [0.29, 0.717) is 16.8 Å². The number of hydrogen-bond acceptors (Lipinski definition) is 3. The second-order valence-corrected chi connectivity index (χ2v) is 5.50. The van der Waals surface area contributed by atoms with Gasteiger partial charge in [0.15, 0.2) is 0 Å². The molecular weight excluding hydrogens is 337 g/mol. The molecule has 0 atom stereocenters. The first-order chi connectivity index (χ1) is 11.6. The zero-order valence-electron chi connectivity index (χ0n) is 13.9. The highest BCUT2D eigenvalue weighted by molar-refractivity contribution is 6.00. The normalized spacial score (nSPS) is 11.3. The number of rotatable bonds is 4. The molecule has 0 radical (unpaired) electrons. The van der Waals surface area contributed by atoms with Crippen LogP contribution < -0.4 is 5.32 Å². The highest BCUT2D eigenvalue weighted by atomic mass is 19.4. The number of ether oxygens (including phenoxy) is 1. The lowest BCUT2D eigenvalue weighted by molar-refractivity contribution is -0.137. The van der Waals surface area contributed by atoms with Gasteiger partial charge >= 0.3 is 12.1 Å². The van der Waals surface area contributed by atoms with E-state index in [1.54, 1.807) is 13.8 Å². The standard InChI is InChI=1S/C17H17F3N2O3/c1-9-13(16(24)25-3)10(2)22-14(9)15(23)21-8-11-5-4-6-12(7-11)17(18,19)20/h4-7,22H,8H2,1-3H3,(H,21,23).